The quantitative estimate of drug-likeness (QED) is 0.438. The van der Waals surface area contributed by atoms with Crippen LogP contribution in [0.4, 0.5) is 0 Å². The normalized spacial score (nSPS) is 6.67. The second-order valence-corrected chi connectivity index (χ2v) is 0.731. The monoisotopic (exact) mass is 107 g/mol. The molecule has 0 saturated heterocycles. The van der Waals surface area contributed by atoms with E-state index in [2.05, 4.69) is 10.7 Å². The van der Waals surface area contributed by atoms with Gasteiger partial charge in [0.15, 0.2) is 6.26 Å². The molecule has 0 N–H and O–H groups in total. The maximum absolute atomic E-state index is 4.46. The van der Waals surface area contributed by atoms with Crippen LogP contribution >= 0.6 is 0 Å². The minimum Gasteiger partial charge on any atom is -0.461 e. The largest absolute Gasteiger partial charge is 0.461 e. The van der Waals surface area contributed by atoms with Gasteiger partial charge >= 0.3 is 51.4 Å². The maximum atomic E-state index is 4.46. The third kappa shape index (κ3) is 2.15. The van der Waals surface area contributed by atoms with Gasteiger partial charge in [-0.2, -0.15) is 0 Å². The Morgan fingerprint density at radius 3 is 2.50 bits per heavy atom. The third-order valence-corrected chi connectivity index (χ3v) is 0.379. The summed E-state index contributed by atoms with van der Waals surface area (Å²) in [5.74, 6) is 0. The molecule has 1 aromatic heterocycles. The Kier molecular flexibility index (Phi) is 4.71. The molecule has 0 bridgehead atoms. The summed E-state index contributed by atoms with van der Waals surface area (Å²) < 4.78 is 4.46. The zero-order valence-corrected chi connectivity index (χ0v) is 2.64. The van der Waals surface area contributed by atoms with Gasteiger partial charge in [-0.25, -0.2) is 0 Å². The summed E-state index contributed by atoms with van der Waals surface area (Å²) in [5, 5.41) is 0. The van der Waals surface area contributed by atoms with Gasteiger partial charge in [-0.15, -0.1) is 0 Å². The Morgan fingerprint density at radius 1 is 1.50 bits per heavy atom. The molecule has 0 aromatic carbocycles. The van der Waals surface area contributed by atoms with E-state index in [0.717, 1.165) is 0 Å². The van der Waals surface area contributed by atoms with Crippen LogP contribution in [-0.2, 0) is 0 Å². The molecule has 1 nitrogen and oxygen atoms in total. The van der Waals surface area contributed by atoms with E-state index < -0.39 is 0 Å². The average Bonchev–Trinajstić information content (AvgIpc) is 1.76. The van der Waals surface area contributed by atoms with Crippen LogP contribution < -0.4 is 0 Å². The molecular weight excluding hydrogens is 103 g/mol. The second-order valence-electron chi connectivity index (χ2n) is 0.731. The van der Waals surface area contributed by atoms with Gasteiger partial charge in [0, 0.05) is 0 Å². The van der Waals surface area contributed by atoms with E-state index >= 15 is 0 Å². The first-order valence-corrected chi connectivity index (χ1v) is 1.40. The summed E-state index contributed by atoms with van der Waals surface area (Å²) in [6.45, 7) is 0. The molecule has 6 heavy (non-hydrogen) atoms. The van der Waals surface area contributed by atoms with E-state index in [-0.39, 0.29) is 51.4 Å². The number of hydrogen-bond acceptors (Lipinski definition) is 1. The van der Waals surface area contributed by atoms with Crippen LogP contribution in [0, 0.1) is 6.26 Å². The molecule has 1 radical (unpaired) electrons. The molecule has 0 unspecified atom stereocenters. The van der Waals surface area contributed by atoms with Gasteiger partial charge in [0.2, 0.25) is 0 Å². The third-order valence-electron chi connectivity index (χ3n) is 0.379. The first-order chi connectivity index (χ1) is 2.50. The molecule has 2 heteroatoms. The van der Waals surface area contributed by atoms with Gasteiger partial charge in [-0.05, 0) is 12.1 Å². The Balaban J connectivity index is 0.000000250. The average molecular weight is 107 g/mol. The predicted molar refractivity (Wildman–Crippen MR) is 24.7 cm³/mol. The molecule has 0 aliphatic heterocycles. The maximum Gasteiger partial charge on any atom is 0.169 e. The SMILES string of the molecule is [KH].[c]1ccco1. The Morgan fingerprint density at radius 2 is 2.33 bits per heavy atom. The molecule has 0 saturated carbocycles. The molecule has 0 amide bonds. The first kappa shape index (κ1) is 6.92. The van der Waals surface area contributed by atoms with Crippen molar-refractivity contribution in [3.05, 3.63) is 24.7 Å². The molecule has 0 fully saturated rings. The Hall–Kier alpha value is 0.916. The van der Waals surface area contributed by atoms with Gasteiger partial charge in [0.25, 0.3) is 0 Å². The fraction of sp³-hybridized carbons (Fsp3) is 0. The van der Waals surface area contributed by atoms with E-state index in [1.54, 1.807) is 18.4 Å². The molecule has 1 aromatic rings. The van der Waals surface area contributed by atoms with E-state index in [4.69, 9.17) is 0 Å². The molecule has 1 heterocycles. The number of hydrogen-bond donors (Lipinski definition) is 0. The summed E-state index contributed by atoms with van der Waals surface area (Å²) >= 11 is 0. The first-order valence-electron chi connectivity index (χ1n) is 1.40. The fourth-order valence-electron chi connectivity index (χ4n) is 0.196. The van der Waals surface area contributed by atoms with Crippen LogP contribution in [0.25, 0.3) is 0 Å². The zero-order valence-electron chi connectivity index (χ0n) is 2.64. The van der Waals surface area contributed by atoms with Crippen molar-refractivity contribution in [2.75, 3.05) is 0 Å². The van der Waals surface area contributed by atoms with Gasteiger partial charge in [-0.1, -0.05) is 0 Å². The van der Waals surface area contributed by atoms with E-state index in [0.29, 0.717) is 0 Å². The van der Waals surface area contributed by atoms with E-state index in [9.17, 15) is 0 Å². The van der Waals surface area contributed by atoms with Gasteiger partial charge in [0.1, 0.15) is 0 Å². The van der Waals surface area contributed by atoms with Gasteiger partial charge < -0.3 is 4.42 Å². The second kappa shape index (κ2) is 4.09. The number of rotatable bonds is 0. The molecule has 0 spiro atoms. The van der Waals surface area contributed by atoms with E-state index in [1.807, 2.05) is 0 Å². The standard InChI is InChI=1S/C4H3O.K.H/c1-2-4-5-3-1;;/h1-3H;;. The van der Waals surface area contributed by atoms with Crippen molar-refractivity contribution >= 4 is 51.4 Å². The summed E-state index contributed by atoms with van der Waals surface area (Å²) in [6, 6.07) is 3.49. The molecule has 27 valence electrons. The van der Waals surface area contributed by atoms with Crippen molar-refractivity contribution < 1.29 is 4.42 Å². The molecule has 0 aliphatic carbocycles. The van der Waals surface area contributed by atoms with Crippen LogP contribution in [0.2, 0.25) is 0 Å². The van der Waals surface area contributed by atoms with Crippen molar-refractivity contribution in [3.8, 4) is 0 Å². The summed E-state index contributed by atoms with van der Waals surface area (Å²) in [6.07, 6.45) is 4.06. The van der Waals surface area contributed by atoms with Crippen LogP contribution in [0.1, 0.15) is 0 Å². The van der Waals surface area contributed by atoms with Crippen molar-refractivity contribution in [2.45, 2.75) is 0 Å². The van der Waals surface area contributed by atoms with Crippen molar-refractivity contribution in [3.63, 3.8) is 0 Å². The molecular formula is C4H4KO. The van der Waals surface area contributed by atoms with Crippen LogP contribution in [0.5, 0.6) is 0 Å². The van der Waals surface area contributed by atoms with Crippen LogP contribution in [0.15, 0.2) is 22.8 Å². The fourth-order valence-corrected chi connectivity index (χ4v) is 0.196. The topological polar surface area (TPSA) is 13.1 Å². The zero-order chi connectivity index (χ0) is 3.54. The number of furan rings is 1. The molecule has 1 rings (SSSR count). The molecule has 0 aliphatic rings. The molecule has 0 atom stereocenters. The van der Waals surface area contributed by atoms with Gasteiger partial charge in [-0.3, -0.25) is 0 Å². The minimum atomic E-state index is 0. The summed E-state index contributed by atoms with van der Waals surface area (Å²) in [7, 11) is 0. The van der Waals surface area contributed by atoms with Crippen molar-refractivity contribution in [2.24, 2.45) is 0 Å². The Labute approximate surface area is 79.1 Å². The van der Waals surface area contributed by atoms with Crippen LogP contribution in [-0.4, -0.2) is 51.4 Å². The van der Waals surface area contributed by atoms with Crippen LogP contribution in [0.3, 0.4) is 0 Å². The van der Waals surface area contributed by atoms with E-state index in [1.165, 1.54) is 0 Å². The summed E-state index contributed by atoms with van der Waals surface area (Å²) in [4.78, 5) is 0. The van der Waals surface area contributed by atoms with Crippen molar-refractivity contribution in [1.29, 1.82) is 0 Å². The van der Waals surface area contributed by atoms with Crippen molar-refractivity contribution in [1.82, 2.24) is 0 Å². The summed E-state index contributed by atoms with van der Waals surface area (Å²) in [5.41, 5.74) is 0. The minimum absolute atomic E-state index is 0. The van der Waals surface area contributed by atoms with Gasteiger partial charge in [0.05, 0.1) is 6.26 Å². The Bertz CT molecular complexity index is 64.0. The predicted octanol–water partition coefficient (Wildman–Crippen LogP) is 0.431. The smallest absolute Gasteiger partial charge is 0.169 e.